The standard InChI is InChI=1S/C23H24ClN3O3/c1-3-4-12-29-18-10-8-16(9-11-18)23-25-22(26-30-23)17-13-21(28)27(14-17)20-7-5-6-19(24)15(20)2/h5-11,17H,3-4,12-14H2,1-2H3. The van der Waals surface area contributed by atoms with Crippen molar-refractivity contribution in [1.29, 1.82) is 0 Å². The third-order valence-electron chi connectivity index (χ3n) is 5.33. The first-order chi connectivity index (χ1) is 14.6. The van der Waals surface area contributed by atoms with Crippen LogP contribution in [0.5, 0.6) is 5.75 Å². The minimum absolute atomic E-state index is 0.0327. The SMILES string of the molecule is CCCCOc1ccc(-c2nc(C3CC(=O)N(c4cccc(Cl)c4C)C3)no2)cc1. The van der Waals surface area contributed by atoms with E-state index in [4.69, 9.17) is 20.9 Å². The van der Waals surface area contributed by atoms with Crippen LogP contribution in [0.25, 0.3) is 11.5 Å². The van der Waals surface area contributed by atoms with Gasteiger partial charge >= 0.3 is 0 Å². The molecule has 1 aliphatic heterocycles. The van der Waals surface area contributed by atoms with E-state index in [1.54, 1.807) is 4.90 Å². The Bertz CT molecular complexity index is 1030. The van der Waals surface area contributed by atoms with Gasteiger partial charge in [0, 0.05) is 35.2 Å². The minimum atomic E-state index is -0.120. The number of aromatic nitrogens is 2. The van der Waals surface area contributed by atoms with Crippen molar-refractivity contribution in [1.82, 2.24) is 10.1 Å². The first-order valence-corrected chi connectivity index (χ1v) is 10.6. The van der Waals surface area contributed by atoms with Crippen LogP contribution < -0.4 is 9.64 Å². The van der Waals surface area contributed by atoms with E-state index < -0.39 is 0 Å². The maximum atomic E-state index is 12.6. The lowest BCUT2D eigenvalue weighted by Crippen LogP contribution is -2.25. The summed E-state index contributed by atoms with van der Waals surface area (Å²) >= 11 is 6.22. The van der Waals surface area contributed by atoms with Crippen molar-refractivity contribution in [3.63, 3.8) is 0 Å². The Hall–Kier alpha value is -2.86. The number of amides is 1. The quantitative estimate of drug-likeness (QED) is 0.474. The van der Waals surface area contributed by atoms with Crippen LogP contribution in [0.1, 0.15) is 43.5 Å². The number of benzene rings is 2. The van der Waals surface area contributed by atoms with Crippen LogP contribution in [0.3, 0.4) is 0 Å². The van der Waals surface area contributed by atoms with Gasteiger partial charge in [-0.3, -0.25) is 4.79 Å². The monoisotopic (exact) mass is 425 g/mol. The van der Waals surface area contributed by atoms with Crippen molar-refractivity contribution < 1.29 is 14.1 Å². The van der Waals surface area contributed by atoms with Gasteiger partial charge in [-0.25, -0.2) is 0 Å². The average molecular weight is 426 g/mol. The van der Waals surface area contributed by atoms with Crippen LogP contribution in [-0.2, 0) is 4.79 Å². The maximum Gasteiger partial charge on any atom is 0.257 e. The van der Waals surface area contributed by atoms with E-state index in [0.29, 0.717) is 36.3 Å². The number of unbranched alkanes of at least 4 members (excludes halogenated alkanes) is 1. The molecule has 156 valence electrons. The summed E-state index contributed by atoms with van der Waals surface area (Å²) in [5, 5.41) is 4.78. The zero-order chi connectivity index (χ0) is 21.1. The highest BCUT2D eigenvalue weighted by Crippen LogP contribution is 2.35. The third-order valence-corrected chi connectivity index (χ3v) is 5.74. The maximum absolute atomic E-state index is 12.6. The Labute approximate surface area is 180 Å². The van der Waals surface area contributed by atoms with Gasteiger partial charge in [0.15, 0.2) is 5.82 Å². The fraction of sp³-hybridized carbons (Fsp3) is 0.348. The Morgan fingerprint density at radius 3 is 2.80 bits per heavy atom. The zero-order valence-electron chi connectivity index (χ0n) is 17.1. The fourth-order valence-electron chi connectivity index (χ4n) is 3.55. The topological polar surface area (TPSA) is 68.5 Å². The van der Waals surface area contributed by atoms with E-state index in [0.717, 1.165) is 35.4 Å². The number of carbonyl (C=O) groups is 1. The van der Waals surface area contributed by atoms with Gasteiger partial charge in [-0.2, -0.15) is 4.98 Å². The highest BCUT2D eigenvalue weighted by atomic mass is 35.5. The summed E-state index contributed by atoms with van der Waals surface area (Å²) in [6.45, 7) is 5.26. The van der Waals surface area contributed by atoms with Crippen LogP contribution >= 0.6 is 11.6 Å². The summed E-state index contributed by atoms with van der Waals surface area (Å²) < 4.78 is 11.2. The van der Waals surface area contributed by atoms with Crippen molar-refractivity contribution in [2.45, 2.75) is 39.0 Å². The van der Waals surface area contributed by atoms with Crippen molar-refractivity contribution in [3.8, 4) is 17.2 Å². The van der Waals surface area contributed by atoms with Gasteiger partial charge in [0.05, 0.1) is 6.61 Å². The van der Waals surface area contributed by atoms with Gasteiger partial charge in [0.25, 0.3) is 5.89 Å². The lowest BCUT2D eigenvalue weighted by Gasteiger charge is -2.19. The van der Waals surface area contributed by atoms with Crippen LogP contribution in [-0.4, -0.2) is 29.2 Å². The summed E-state index contributed by atoms with van der Waals surface area (Å²) in [4.78, 5) is 18.9. The number of hydrogen-bond acceptors (Lipinski definition) is 5. The van der Waals surface area contributed by atoms with E-state index >= 15 is 0 Å². The second-order valence-electron chi connectivity index (χ2n) is 7.47. The number of rotatable bonds is 7. The molecule has 6 nitrogen and oxygen atoms in total. The fourth-order valence-corrected chi connectivity index (χ4v) is 3.72. The number of nitrogens with zero attached hydrogens (tertiary/aromatic N) is 3. The minimum Gasteiger partial charge on any atom is -0.494 e. The normalized spacial score (nSPS) is 16.3. The van der Waals surface area contributed by atoms with Crippen molar-refractivity contribution in [2.75, 3.05) is 18.1 Å². The highest BCUT2D eigenvalue weighted by Gasteiger charge is 2.35. The molecule has 0 aliphatic carbocycles. The predicted octanol–water partition coefficient (Wildman–Crippen LogP) is 5.40. The van der Waals surface area contributed by atoms with Gasteiger partial charge in [-0.1, -0.05) is 36.2 Å². The lowest BCUT2D eigenvalue weighted by molar-refractivity contribution is -0.117. The van der Waals surface area contributed by atoms with Gasteiger partial charge < -0.3 is 14.2 Å². The number of hydrogen-bond donors (Lipinski definition) is 0. The van der Waals surface area contributed by atoms with E-state index in [9.17, 15) is 4.79 Å². The smallest absolute Gasteiger partial charge is 0.257 e. The first kappa shape index (κ1) is 20.4. The molecule has 2 heterocycles. The highest BCUT2D eigenvalue weighted by molar-refractivity contribution is 6.31. The van der Waals surface area contributed by atoms with E-state index in [1.165, 1.54) is 0 Å². The van der Waals surface area contributed by atoms with Crippen LogP contribution in [0.15, 0.2) is 47.0 Å². The first-order valence-electron chi connectivity index (χ1n) is 10.2. The Morgan fingerprint density at radius 2 is 2.03 bits per heavy atom. The molecule has 1 atom stereocenters. The molecule has 2 aromatic carbocycles. The van der Waals surface area contributed by atoms with E-state index in [2.05, 4.69) is 17.1 Å². The molecule has 0 spiro atoms. The molecule has 1 saturated heterocycles. The van der Waals surface area contributed by atoms with Crippen molar-refractivity contribution in [2.24, 2.45) is 0 Å². The molecular weight excluding hydrogens is 402 g/mol. The number of ether oxygens (including phenoxy) is 1. The lowest BCUT2D eigenvalue weighted by atomic mass is 10.1. The Kier molecular flexibility index (Phi) is 6.04. The molecule has 30 heavy (non-hydrogen) atoms. The second-order valence-corrected chi connectivity index (χ2v) is 7.88. The van der Waals surface area contributed by atoms with Gasteiger partial charge in [0.2, 0.25) is 5.91 Å². The largest absolute Gasteiger partial charge is 0.494 e. The van der Waals surface area contributed by atoms with Gasteiger partial charge in [0.1, 0.15) is 5.75 Å². The molecule has 3 aromatic rings. The van der Waals surface area contributed by atoms with Gasteiger partial charge in [-0.15, -0.1) is 0 Å². The molecule has 1 fully saturated rings. The Morgan fingerprint density at radius 1 is 1.23 bits per heavy atom. The molecule has 0 N–H and O–H groups in total. The zero-order valence-corrected chi connectivity index (χ0v) is 17.9. The Balaban J connectivity index is 1.47. The molecule has 4 rings (SSSR count). The molecule has 7 heteroatoms. The van der Waals surface area contributed by atoms with Crippen LogP contribution in [0.4, 0.5) is 5.69 Å². The van der Waals surface area contributed by atoms with Crippen molar-refractivity contribution >= 4 is 23.2 Å². The van der Waals surface area contributed by atoms with Crippen molar-refractivity contribution in [3.05, 3.63) is 58.9 Å². The second kappa shape index (κ2) is 8.88. The molecule has 1 amide bonds. The summed E-state index contributed by atoms with van der Waals surface area (Å²) in [7, 11) is 0. The number of carbonyl (C=O) groups excluding carboxylic acids is 1. The number of halogens is 1. The van der Waals surface area contributed by atoms with E-state index in [-0.39, 0.29) is 11.8 Å². The summed E-state index contributed by atoms with van der Waals surface area (Å²) in [5.41, 5.74) is 2.55. The van der Waals surface area contributed by atoms with Crippen LogP contribution in [0.2, 0.25) is 5.02 Å². The molecule has 1 unspecified atom stereocenters. The molecule has 0 radical (unpaired) electrons. The molecule has 1 aliphatic rings. The summed E-state index contributed by atoms with van der Waals surface area (Å²) in [5.74, 6) is 1.72. The third kappa shape index (κ3) is 4.19. The summed E-state index contributed by atoms with van der Waals surface area (Å²) in [6, 6.07) is 13.2. The van der Waals surface area contributed by atoms with E-state index in [1.807, 2.05) is 49.4 Å². The molecule has 0 bridgehead atoms. The predicted molar refractivity (Wildman–Crippen MR) is 116 cm³/mol. The molecule has 0 saturated carbocycles. The number of anilines is 1. The summed E-state index contributed by atoms with van der Waals surface area (Å²) in [6.07, 6.45) is 2.47. The molecular formula is C23H24ClN3O3. The van der Waals surface area contributed by atoms with Crippen LogP contribution in [0, 0.1) is 6.92 Å². The average Bonchev–Trinajstić information content (AvgIpc) is 3.38. The van der Waals surface area contributed by atoms with Gasteiger partial charge in [-0.05, 0) is 55.3 Å². The molecule has 1 aromatic heterocycles.